The monoisotopic (exact) mass is 330 g/mol. The third-order valence-electron chi connectivity index (χ3n) is 4.04. The van der Waals surface area contributed by atoms with Crippen molar-refractivity contribution in [3.63, 3.8) is 0 Å². The first-order valence-corrected chi connectivity index (χ1v) is 7.79. The van der Waals surface area contributed by atoms with Crippen LogP contribution in [0.15, 0.2) is 24.3 Å². The fourth-order valence-electron chi connectivity index (χ4n) is 2.95. The van der Waals surface area contributed by atoms with Gasteiger partial charge < -0.3 is 9.30 Å². The average molecular weight is 331 g/mol. The number of halogens is 1. The molecule has 0 N–H and O–H groups in total. The minimum Gasteiger partial charge on any atom is -0.464 e. The van der Waals surface area contributed by atoms with Gasteiger partial charge in [0.1, 0.15) is 5.69 Å². The van der Waals surface area contributed by atoms with E-state index in [1.54, 1.807) is 6.07 Å². The molecule has 1 aromatic carbocycles. The minimum absolute atomic E-state index is 0.214. The first-order valence-electron chi connectivity index (χ1n) is 7.41. The van der Waals surface area contributed by atoms with E-state index in [2.05, 4.69) is 30.3 Å². The Hall–Kier alpha value is -2.07. The van der Waals surface area contributed by atoms with E-state index in [-0.39, 0.29) is 5.41 Å². The van der Waals surface area contributed by atoms with Gasteiger partial charge in [0.2, 0.25) is 0 Å². The number of methoxy groups -OCH3 is 1. The zero-order valence-corrected chi connectivity index (χ0v) is 14.7. The molecule has 0 radical (unpaired) electrons. The van der Waals surface area contributed by atoms with E-state index in [0.717, 1.165) is 27.5 Å². The molecule has 0 saturated carbocycles. The molecule has 23 heavy (non-hydrogen) atoms. The molecule has 0 spiro atoms. The zero-order chi connectivity index (χ0) is 16.9. The lowest BCUT2D eigenvalue weighted by molar-refractivity contribution is 0.0594. The van der Waals surface area contributed by atoms with Gasteiger partial charge in [-0.2, -0.15) is 0 Å². The second kappa shape index (κ2) is 5.24. The van der Waals surface area contributed by atoms with Crippen LogP contribution in [0.25, 0.3) is 21.8 Å². The summed E-state index contributed by atoms with van der Waals surface area (Å²) in [6.45, 7) is 6.25. The lowest BCUT2D eigenvalue weighted by Gasteiger charge is -2.20. The van der Waals surface area contributed by atoms with Gasteiger partial charge in [0, 0.05) is 33.8 Å². The Morgan fingerprint density at radius 3 is 2.52 bits per heavy atom. The molecule has 0 atom stereocenters. The molecule has 0 aliphatic carbocycles. The van der Waals surface area contributed by atoms with Crippen molar-refractivity contribution in [3.05, 3.63) is 40.7 Å². The number of aromatic nitrogens is 2. The summed E-state index contributed by atoms with van der Waals surface area (Å²) in [6, 6.07) is 7.57. The summed E-state index contributed by atoms with van der Waals surface area (Å²) in [5.74, 6) is -0.434. The maximum absolute atomic E-state index is 12.0. The van der Waals surface area contributed by atoms with Crippen molar-refractivity contribution in [3.8, 4) is 0 Å². The number of rotatable bonds is 1. The highest BCUT2D eigenvalue weighted by atomic mass is 35.5. The van der Waals surface area contributed by atoms with E-state index in [0.29, 0.717) is 10.7 Å². The van der Waals surface area contributed by atoms with E-state index in [1.807, 2.05) is 25.2 Å². The van der Waals surface area contributed by atoms with Crippen LogP contribution in [0.1, 0.15) is 37.0 Å². The highest BCUT2D eigenvalue weighted by molar-refractivity contribution is 6.32. The number of carbonyl (C=O) groups excluding carboxylic acids is 1. The maximum atomic E-state index is 12.0. The molecule has 3 aromatic rings. The van der Waals surface area contributed by atoms with Gasteiger partial charge in [-0.05, 0) is 24.3 Å². The average Bonchev–Trinajstić information content (AvgIpc) is 2.77. The van der Waals surface area contributed by atoms with Crippen LogP contribution in [-0.2, 0) is 17.2 Å². The van der Waals surface area contributed by atoms with Gasteiger partial charge >= 0.3 is 5.97 Å². The van der Waals surface area contributed by atoms with E-state index >= 15 is 0 Å². The molecular formula is C18H19ClN2O2. The Morgan fingerprint density at radius 2 is 1.91 bits per heavy atom. The predicted molar refractivity (Wildman–Crippen MR) is 93.3 cm³/mol. The molecule has 2 aromatic heterocycles. The number of nitrogens with zero attached hydrogens (tertiary/aromatic N) is 2. The van der Waals surface area contributed by atoms with Crippen LogP contribution < -0.4 is 0 Å². The van der Waals surface area contributed by atoms with Crippen LogP contribution >= 0.6 is 11.6 Å². The van der Waals surface area contributed by atoms with Crippen molar-refractivity contribution in [2.75, 3.05) is 7.11 Å². The SMILES string of the molecule is COC(=O)c1cc2c3cc(Cl)ccc3n(C)c2c(C(C)(C)C)n1. The number of pyridine rings is 1. The largest absolute Gasteiger partial charge is 0.464 e. The number of esters is 1. The Bertz CT molecular complexity index is 936. The van der Waals surface area contributed by atoms with Crippen LogP contribution in [0.2, 0.25) is 5.02 Å². The Labute approximate surface area is 140 Å². The Morgan fingerprint density at radius 1 is 1.22 bits per heavy atom. The summed E-state index contributed by atoms with van der Waals surface area (Å²) in [5, 5.41) is 2.64. The summed E-state index contributed by atoms with van der Waals surface area (Å²) in [6.07, 6.45) is 0. The zero-order valence-electron chi connectivity index (χ0n) is 13.9. The molecular weight excluding hydrogens is 312 g/mol. The molecule has 0 bridgehead atoms. The van der Waals surface area contributed by atoms with Gasteiger partial charge in [-0.1, -0.05) is 32.4 Å². The second-order valence-corrected chi connectivity index (χ2v) is 7.15. The molecule has 0 aliphatic heterocycles. The number of carbonyl (C=O) groups is 1. The molecule has 0 saturated heterocycles. The fourth-order valence-corrected chi connectivity index (χ4v) is 3.12. The van der Waals surface area contributed by atoms with Gasteiger partial charge in [-0.25, -0.2) is 9.78 Å². The van der Waals surface area contributed by atoms with E-state index in [1.165, 1.54) is 7.11 Å². The van der Waals surface area contributed by atoms with Crippen molar-refractivity contribution in [2.24, 2.45) is 7.05 Å². The van der Waals surface area contributed by atoms with Gasteiger partial charge in [-0.15, -0.1) is 0 Å². The minimum atomic E-state index is -0.434. The van der Waals surface area contributed by atoms with Gasteiger partial charge in [0.05, 0.1) is 18.3 Å². The highest BCUT2D eigenvalue weighted by Crippen LogP contribution is 2.36. The molecule has 4 nitrogen and oxygen atoms in total. The summed E-state index contributed by atoms with van der Waals surface area (Å²) in [7, 11) is 3.37. The smallest absolute Gasteiger partial charge is 0.356 e. The molecule has 0 unspecified atom stereocenters. The molecule has 0 amide bonds. The van der Waals surface area contributed by atoms with Crippen LogP contribution in [-0.4, -0.2) is 22.6 Å². The number of hydrogen-bond donors (Lipinski definition) is 0. The number of aryl methyl sites for hydroxylation is 1. The van der Waals surface area contributed by atoms with Crippen LogP contribution in [0.4, 0.5) is 0 Å². The summed E-state index contributed by atoms with van der Waals surface area (Å²) >= 11 is 6.17. The van der Waals surface area contributed by atoms with Crippen molar-refractivity contribution in [1.29, 1.82) is 0 Å². The highest BCUT2D eigenvalue weighted by Gasteiger charge is 2.25. The van der Waals surface area contributed by atoms with Crippen molar-refractivity contribution < 1.29 is 9.53 Å². The number of benzene rings is 1. The maximum Gasteiger partial charge on any atom is 0.356 e. The van der Waals surface area contributed by atoms with Gasteiger partial charge in [0.15, 0.2) is 0 Å². The second-order valence-electron chi connectivity index (χ2n) is 6.71. The lowest BCUT2D eigenvalue weighted by atomic mass is 9.90. The molecule has 0 fully saturated rings. The molecule has 3 rings (SSSR count). The summed E-state index contributed by atoms with van der Waals surface area (Å²) in [4.78, 5) is 16.6. The normalized spacial score (nSPS) is 12.1. The van der Waals surface area contributed by atoms with Gasteiger partial charge in [0.25, 0.3) is 0 Å². The number of fused-ring (bicyclic) bond motifs is 3. The Kier molecular flexibility index (Phi) is 3.60. The quantitative estimate of drug-likeness (QED) is 0.618. The first kappa shape index (κ1) is 15.8. The standard InChI is InChI=1S/C18H19ClN2O2/c1-18(2,3)16-15-12(9-13(20-16)17(22)23-5)11-8-10(19)6-7-14(11)21(15)4/h6-9H,1-5H3. The predicted octanol–water partition coefficient (Wildman–Crippen LogP) is 4.46. The molecule has 0 aliphatic rings. The molecule has 2 heterocycles. The van der Waals surface area contributed by atoms with Crippen LogP contribution in [0.5, 0.6) is 0 Å². The van der Waals surface area contributed by atoms with Crippen molar-refractivity contribution >= 4 is 39.4 Å². The van der Waals surface area contributed by atoms with Crippen molar-refractivity contribution in [2.45, 2.75) is 26.2 Å². The van der Waals surface area contributed by atoms with Crippen LogP contribution in [0.3, 0.4) is 0 Å². The summed E-state index contributed by atoms with van der Waals surface area (Å²) < 4.78 is 6.97. The van der Waals surface area contributed by atoms with Gasteiger partial charge in [-0.3, -0.25) is 0 Å². The molecule has 120 valence electrons. The molecule has 5 heteroatoms. The van der Waals surface area contributed by atoms with Crippen molar-refractivity contribution in [1.82, 2.24) is 9.55 Å². The number of ether oxygens (including phenoxy) is 1. The Balaban J connectivity index is 2.53. The third kappa shape index (κ3) is 2.47. The van der Waals surface area contributed by atoms with Crippen LogP contribution in [0, 0.1) is 0 Å². The van der Waals surface area contributed by atoms with E-state index in [4.69, 9.17) is 16.3 Å². The first-order chi connectivity index (χ1) is 10.7. The lowest BCUT2D eigenvalue weighted by Crippen LogP contribution is -2.18. The van der Waals surface area contributed by atoms with E-state index < -0.39 is 5.97 Å². The number of hydrogen-bond acceptors (Lipinski definition) is 3. The van der Waals surface area contributed by atoms with E-state index in [9.17, 15) is 4.79 Å². The summed E-state index contributed by atoms with van der Waals surface area (Å²) in [5.41, 5.74) is 3.04. The topological polar surface area (TPSA) is 44.1 Å². The fraction of sp³-hybridized carbons (Fsp3) is 0.333. The third-order valence-corrected chi connectivity index (χ3v) is 4.28.